The lowest BCUT2D eigenvalue weighted by molar-refractivity contribution is -0.0686. The van der Waals surface area contributed by atoms with Crippen LogP contribution in [-0.2, 0) is 23.7 Å². The van der Waals surface area contributed by atoms with Gasteiger partial charge in [0.15, 0.2) is 23.0 Å². The monoisotopic (exact) mass is 424 g/mol. The number of rotatable bonds is 3. The zero-order valence-corrected chi connectivity index (χ0v) is 17.6. The number of hydrogen-bond acceptors (Lipinski definition) is 8. The van der Waals surface area contributed by atoms with Gasteiger partial charge >= 0.3 is 0 Å². The number of aliphatic hydroxyl groups is 1. The molecule has 2 aliphatic heterocycles. The lowest BCUT2D eigenvalue weighted by atomic mass is 9.95. The van der Waals surface area contributed by atoms with E-state index in [9.17, 15) is 5.11 Å². The quantitative estimate of drug-likeness (QED) is 0.791. The summed E-state index contributed by atoms with van der Waals surface area (Å²) >= 11 is 0. The van der Waals surface area contributed by atoms with Crippen molar-refractivity contribution in [2.75, 3.05) is 66.1 Å². The van der Waals surface area contributed by atoms with Crippen LogP contribution in [-0.4, -0.2) is 76.8 Å². The normalized spacial score (nSPS) is 24.7. The number of fused-ring (bicyclic) bond motifs is 1. The molecule has 3 rings (SSSR count). The van der Waals surface area contributed by atoms with E-state index < -0.39 is 5.60 Å². The van der Waals surface area contributed by atoms with E-state index in [0.29, 0.717) is 88.7 Å². The van der Waals surface area contributed by atoms with E-state index in [-0.39, 0.29) is 13.2 Å². The van der Waals surface area contributed by atoms with Gasteiger partial charge in [0.2, 0.25) is 0 Å². The summed E-state index contributed by atoms with van der Waals surface area (Å²) in [4.78, 5) is 0. The Bertz CT molecular complexity index is 677. The van der Waals surface area contributed by atoms with Crippen molar-refractivity contribution in [1.29, 1.82) is 0 Å². The number of para-hydroxylation sites is 2. The third-order valence-electron chi connectivity index (χ3n) is 4.84. The van der Waals surface area contributed by atoms with Crippen LogP contribution < -0.4 is 9.47 Å². The fourth-order valence-corrected chi connectivity index (χ4v) is 3.28. The molecule has 30 heavy (non-hydrogen) atoms. The Labute approximate surface area is 177 Å². The molecule has 0 fully saturated rings. The molecule has 0 saturated carbocycles. The van der Waals surface area contributed by atoms with Crippen LogP contribution in [0, 0.1) is 0 Å². The van der Waals surface area contributed by atoms with E-state index >= 15 is 0 Å². The second-order valence-corrected chi connectivity index (χ2v) is 7.20. The second kappa shape index (κ2) is 12.2. The van der Waals surface area contributed by atoms with Gasteiger partial charge in [-0.15, -0.1) is 0 Å². The van der Waals surface area contributed by atoms with Gasteiger partial charge in [0.25, 0.3) is 0 Å². The molecule has 1 N–H and O–H groups in total. The minimum Gasteiger partial charge on any atom is -0.452 e. The molecule has 0 bridgehead atoms. The third kappa shape index (κ3) is 6.66. The van der Waals surface area contributed by atoms with Gasteiger partial charge in [0.05, 0.1) is 52.9 Å². The summed E-state index contributed by atoms with van der Waals surface area (Å²) in [7, 11) is 0. The van der Waals surface area contributed by atoms with E-state index in [1.807, 2.05) is 31.2 Å². The Kier molecular flexibility index (Phi) is 9.38. The zero-order chi connectivity index (χ0) is 21.1. The van der Waals surface area contributed by atoms with Crippen molar-refractivity contribution in [2.24, 2.45) is 0 Å². The average Bonchev–Trinajstić information content (AvgIpc) is 2.77. The van der Waals surface area contributed by atoms with E-state index in [4.69, 9.17) is 33.2 Å². The van der Waals surface area contributed by atoms with Crippen molar-refractivity contribution >= 4 is 0 Å². The lowest BCUT2D eigenvalue weighted by Crippen LogP contribution is -2.39. The third-order valence-corrected chi connectivity index (χ3v) is 4.84. The summed E-state index contributed by atoms with van der Waals surface area (Å²) in [6.07, 6.45) is 1.11. The van der Waals surface area contributed by atoms with Crippen molar-refractivity contribution in [3.05, 3.63) is 35.8 Å². The van der Waals surface area contributed by atoms with Crippen LogP contribution in [0.15, 0.2) is 35.8 Å². The van der Waals surface area contributed by atoms with Crippen LogP contribution in [0.3, 0.4) is 0 Å². The number of hydrogen-bond donors (Lipinski definition) is 1. The van der Waals surface area contributed by atoms with Gasteiger partial charge < -0.3 is 38.3 Å². The molecule has 0 saturated heterocycles. The summed E-state index contributed by atoms with van der Waals surface area (Å²) < 4.78 is 41.0. The van der Waals surface area contributed by atoms with Crippen LogP contribution in [0.25, 0.3) is 0 Å². The Morgan fingerprint density at radius 2 is 1.37 bits per heavy atom. The van der Waals surface area contributed by atoms with E-state index in [1.165, 1.54) is 0 Å². The zero-order valence-electron chi connectivity index (χ0n) is 17.6. The number of benzene rings is 1. The van der Waals surface area contributed by atoms with E-state index in [1.54, 1.807) is 0 Å². The molecule has 1 aromatic rings. The smallest absolute Gasteiger partial charge is 0.176 e. The molecule has 0 spiro atoms. The molecule has 0 aliphatic carbocycles. The number of aliphatic hydroxyl groups excluding tert-OH is 1. The predicted octanol–water partition coefficient (Wildman–Crippen LogP) is 2.30. The van der Waals surface area contributed by atoms with Gasteiger partial charge in [-0.25, -0.2) is 0 Å². The SMILES string of the molecule is CC1(CCCO)OCCOCCOCCOCCOCC2=C1Oc1ccccc1O2. The van der Waals surface area contributed by atoms with Gasteiger partial charge in [-0.05, 0) is 31.9 Å². The highest BCUT2D eigenvalue weighted by Crippen LogP contribution is 2.40. The molecule has 1 unspecified atom stereocenters. The highest BCUT2D eigenvalue weighted by Gasteiger charge is 2.38. The molecule has 2 aliphatic rings. The van der Waals surface area contributed by atoms with Crippen molar-refractivity contribution in [1.82, 2.24) is 0 Å². The van der Waals surface area contributed by atoms with Gasteiger partial charge in [-0.3, -0.25) is 0 Å². The minimum atomic E-state index is -0.806. The molecule has 0 aromatic heterocycles. The minimum absolute atomic E-state index is 0.0562. The molecule has 0 amide bonds. The maximum Gasteiger partial charge on any atom is 0.176 e. The molecule has 2 heterocycles. The van der Waals surface area contributed by atoms with Crippen LogP contribution in [0.4, 0.5) is 0 Å². The Morgan fingerprint density at radius 1 is 0.800 bits per heavy atom. The topological polar surface area (TPSA) is 84.8 Å². The summed E-state index contributed by atoms with van der Waals surface area (Å²) in [5.41, 5.74) is -0.806. The van der Waals surface area contributed by atoms with Gasteiger partial charge in [-0.2, -0.15) is 0 Å². The van der Waals surface area contributed by atoms with Crippen molar-refractivity contribution in [3.63, 3.8) is 0 Å². The molecule has 1 aromatic carbocycles. The first-order chi connectivity index (χ1) is 14.7. The van der Waals surface area contributed by atoms with Crippen LogP contribution in [0.1, 0.15) is 19.8 Å². The summed E-state index contributed by atoms with van der Waals surface area (Å²) in [5, 5.41) is 9.41. The fraction of sp³-hybridized carbons (Fsp3) is 0.636. The second-order valence-electron chi connectivity index (χ2n) is 7.20. The fourth-order valence-electron chi connectivity index (χ4n) is 3.28. The molecule has 0 radical (unpaired) electrons. The van der Waals surface area contributed by atoms with Crippen LogP contribution in [0.2, 0.25) is 0 Å². The molecular formula is C22H32O8. The molecule has 1 atom stereocenters. The van der Waals surface area contributed by atoms with E-state index in [0.717, 1.165) is 0 Å². The maximum atomic E-state index is 9.41. The first kappa shape index (κ1) is 23.0. The summed E-state index contributed by atoms with van der Waals surface area (Å²) in [6.45, 7) is 5.89. The molecular weight excluding hydrogens is 392 g/mol. The average molecular weight is 424 g/mol. The number of ether oxygens (including phenoxy) is 7. The molecule has 8 nitrogen and oxygen atoms in total. The van der Waals surface area contributed by atoms with Crippen molar-refractivity contribution < 1.29 is 38.3 Å². The standard InChI is InChI=1S/C22H32O8/c1-22(7-4-8-23)21-20(29-18-5-2-3-6-19(18)30-21)17-27-14-13-25-10-9-24-11-12-26-15-16-28-22/h2-3,5-6,23H,4,7-17H2,1H3. The highest BCUT2D eigenvalue weighted by molar-refractivity contribution is 5.45. The van der Waals surface area contributed by atoms with Gasteiger partial charge in [0.1, 0.15) is 12.2 Å². The first-order valence-electron chi connectivity index (χ1n) is 10.5. The van der Waals surface area contributed by atoms with Gasteiger partial charge in [-0.1, -0.05) is 12.1 Å². The predicted molar refractivity (Wildman–Crippen MR) is 109 cm³/mol. The van der Waals surface area contributed by atoms with Crippen LogP contribution >= 0.6 is 0 Å². The van der Waals surface area contributed by atoms with Crippen molar-refractivity contribution in [2.45, 2.75) is 25.4 Å². The Hall–Kier alpha value is -1.68. The Balaban J connectivity index is 1.80. The lowest BCUT2D eigenvalue weighted by Gasteiger charge is -2.36. The largest absolute Gasteiger partial charge is 0.452 e. The van der Waals surface area contributed by atoms with Gasteiger partial charge in [0, 0.05) is 6.61 Å². The molecule has 8 heteroatoms. The summed E-state index contributed by atoms with van der Waals surface area (Å²) in [5.74, 6) is 2.37. The first-order valence-corrected chi connectivity index (χ1v) is 10.5. The Morgan fingerprint density at radius 3 is 2.00 bits per heavy atom. The highest BCUT2D eigenvalue weighted by atomic mass is 16.6. The van der Waals surface area contributed by atoms with E-state index in [2.05, 4.69) is 0 Å². The van der Waals surface area contributed by atoms with Crippen molar-refractivity contribution in [3.8, 4) is 11.5 Å². The maximum absolute atomic E-state index is 9.41. The summed E-state index contributed by atoms with van der Waals surface area (Å²) in [6, 6.07) is 7.49. The van der Waals surface area contributed by atoms with Crippen LogP contribution in [0.5, 0.6) is 11.5 Å². The molecule has 168 valence electrons.